The van der Waals surface area contributed by atoms with Crippen LogP contribution in [0.4, 0.5) is 5.69 Å². The first-order chi connectivity index (χ1) is 8.17. The second-order valence-corrected chi connectivity index (χ2v) is 4.07. The van der Waals surface area contributed by atoms with Crippen molar-refractivity contribution in [2.75, 3.05) is 11.4 Å². The molecule has 0 bridgehead atoms. The average molecular weight is 230 g/mol. The molecule has 4 heteroatoms. The lowest BCUT2D eigenvalue weighted by Gasteiger charge is -2.32. The van der Waals surface area contributed by atoms with Crippen LogP contribution in [0.15, 0.2) is 18.2 Å². The van der Waals surface area contributed by atoms with E-state index in [9.17, 15) is 4.79 Å². The van der Waals surface area contributed by atoms with Gasteiger partial charge in [0.2, 0.25) is 0 Å². The maximum absolute atomic E-state index is 12.1. The zero-order valence-corrected chi connectivity index (χ0v) is 9.93. The van der Waals surface area contributed by atoms with Gasteiger partial charge in [-0.2, -0.15) is 5.26 Å². The van der Waals surface area contributed by atoms with E-state index in [0.29, 0.717) is 17.9 Å². The molecule has 0 N–H and O–H groups in total. The minimum absolute atomic E-state index is 0.0646. The van der Waals surface area contributed by atoms with Crippen molar-refractivity contribution in [1.82, 2.24) is 0 Å². The van der Waals surface area contributed by atoms with Crippen molar-refractivity contribution in [2.45, 2.75) is 26.4 Å². The van der Waals surface area contributed by atoms with Gasteiger partial charge in [-0.1, -0.05) is 13.0 Å². The van der Waals surface area contributed by atoms with Crippen LogP contribution in [0.1, 0.15) is 18.9 Å². The number of amides is 1. The van der Waals surface area contributed by atoms with Crippen LogP contribution in [-0.4, -0.2) is 18.6 Å². The van der Waals surface area contributed by atoms with Crippen molar-refractivity contribution in [1.29, 1.82) is 5.26 Å². The Morgan fingerprint density at radius 2 is 2.29 bits per heavy atom. The first-order valence-electron chi connectivity index (χ1n) is 5.63. The summed E-state index contributed by atoms with van der Waals surface area (Å²) in [6.45, 7) is 3.91. The highest BCUT2D eigenvalue weighted by atomic mass is 16.5. The number of hydrogen-bond donors (Lipinski definition) is 0. The largest absolute Gasteiger partial charge is 0.478 e. The van der Waals surface area contributed by atoms with E-state index in [1.54, 1.807) is 0 Å². The van der Waals surface area contributed by atoms with Gasteiger partial charge in [0.15, 0.2) is 6.10 Å². The Bertz CT molecular complexity index is 491. The third-order valence-corrected chi connectivity index (χ3v) is 2.82. The van der Waals surface area contributed by atoms with Crippen LogP contribution in [0, 0.1) is 18.3 Å². The molecule has 0 radical (unpaired) electrons. The molecule has 0 spiro atoms. The number of aryl methyl sites for hydroxylation is 1. The summed E-state index contributed by atoms with van der Waals surface area (Å²) in [4.78, 5) is 13.6. The molecule has 0 aromatic heterocycles. The summed E-state index contributed by atoms with van der Waals surface area (Å²) in [6, 6.07) is 7.68. The first kappa shape index (κ1) is 11.5. The van der Waals surface area contributed by atoms with Gasteiger partial charge in [0, 0.05) is 0 Å². The summed E-state index contributed by atoms with van der Waals surface area (Å²) in [7, 11) is 0. The summed E-state index contributed by atoms with van der Waals surface area (Å²) in [5, 5.41) is 8.81. The van der Waals surface area contributed by atoms with E-state index in [1.165, 1.54) is 4.90 Å². The smallest absolute Gasteiger partial charge is 0.269 e. The van der Waals surface area contributed by atoms with Crippen LogP contribution in [0.2, 0.25) is 0 Å². The molecule has 0 saturated carbocycles. The second-order valence-electron chi connectivity index (χ2n) is 4.07. The summed E-state index contributed by atoms with van der Waals surface area (Å²) >= 11 is 0. The summed E-state index contributed by atoms with van der Waals surface area (Å²) in [6.07, 6.45) is 0.132. The highest BCUT2D eigenvalue weighted by Crippen LogP contribution is 2.35. The number of carbonyl (C=O) groups is 1. The number of rotatable bonds is 2. The fourth-order valence-corrected chi connectivity index (χ4v) is 1.93. The van der Waals surface area contributed by atoms with Crippen LogP contribution in [0.25, 0.3) is 0 Å². The fourth-order valence-electron chi connectivity index (χ4n) is 1.93. The van der Waals surface area contributed by atoms with Crippen molar-refractivity contribution in [3.8, 4) is 11.8 Å². The minimum atomic E-state index is -0.474. The zero-order valence-electron chi connectivity index (χ0n) is 9.93. The van der Waals surface area contributed by atoms with E-state index in [4.69, 9.17) is 10.00 Å². The lowest BCUT2D eigenvalue weighted by molar-refractivity contribution is -0.126. The van der Waals surface area contributed by atoms with Gasteiger partial charge in [-0.25, -0.2) is 0 Å². The standard InChI is InChI=1S/C13H14N2O2/c1-3-11-13(16)15(7-6-14)10-8-9(2)4-5-12(10)17-11/h4-5,8,11H,3,7H2,1-2H3. The molecule has 0 saturated heterocycles. The number of carbonyl (C=O) groups excluding carboxylic acids is 1. The SMILES string of the molecule is CCC1Oc2ccc(C)cc2N(CC#N)C1=O. The Morgan fingerprint density at radius 3 is 2.94 bits per heavy atom. The number of ether oxygens (including phenoxy) is 1. The third-order valence-electron chi connectivity index (χ3n) is 2.82. The monoisotopic (exact) mass is 230 g/mol. The normalized spacial score (nSPS) is 18.3. The van der Waals surface area contributed by atoms with Crippen LogP contribution in [0.5, 0.6) is 5.75 Å². The quantitative estimate of drug-likeness (QED) is 0.730. The molecule has 1 heterocycles. The number of fused-ring (bicyclic) bond motifs is 1. The van der Waals surface area contributed by atoms with E-state index in [-0.39, 0.29) is 12.5 Å². The molecule has 2 rings (SSSR count). The number of nitriles is 1. The molecule has 0 fully saturated rings. The van der Waals surface area contributed by atoms with Crippen LogP contribution >= 0.6 is 0 Å². The predicted octanol–water partition coefficient (Wildman–Crippen LogP) is 2.02. The number of nitrogens with zero attached hydrogens (tertiary/aromatic N) is 2. The van der Waals surface area contributed by atoms with Gasteiger partial charge in [0.1, 0.15) is 12.3 Å². The number of benzene rings is 1. The molecule has 1 aromatic carbocycles. The molecule has 4 nitrogen and oxygen atoms in total. The van der Waals surface area contributed by atoms with E-state index in [0.717, 1.165) is 5.56 Å². The predicted molar refractivity (Wildman–Crippen MR) is 63.9 cm³/mol. The maximum Gasteiger partial charge on any atom is 0.269 e. The summed E-state index contributed by atoms with van der Waals surface area (Å²) < 4.78 is 5.62. The van der Waals surface area contributed by atoms with E-state index in [2.05, 4.69) is 0 Å². The average Bonchev–Trinajstić information content (AvgIpc) is 2.33. The highest BCUT2D eigenvalue weighted by Gasteiger charge is 2.32. The maximum atomic E-state index is 12.1. The fraction of sp³-hybridized carbons (Fsp3) is 0.385. The Morgan fingerprint density at radius 1 is 1.53 bits per heavy atom. The lowest BCUT2D eigenvalue weighted by Crippen LogP contribution is -2.45. The molecule has 17 heavy (non-hydrogen) atoms. The molecule has 1 unspecified atom stereocenters. The zero-order chi connectivity index (χ0) is 12.4. The summed E-state index contributed by atoms with van der Waals surface area (Å²) in [5.41, 5.74) is 1.74. The van der Waals surface area contributed by atoms with Crippen molar-refractivity contribution in [2.24, 2.45) is 0 Å². The second kappa shape index (κ2) is 4.46. The summed E-state index contributed by atoms with van der Waals surface area (Å²) in [5.74, 6) is 0.546. The van der Waals surface area contributed by atoms with Gasteiger partial charge >= 0.3 is 0 Å². The van der Waals surface area contributed by atoms with Crippen LogP contribution in [0.3, 0.4) is 0 Å². The molecule has 1 aliphatic heterocycles. The van der Waals surface area contributed by atoms with E-state index >= 15 is 0 Å². The van der Waals surface area contributed by atoms with E-state index in [1.807, 2.05) is 38.1 Å². The van der Waals surface area contributed by atoms with E-state index < -0.39 is 6.10 Å². The number of hydrogen-bond acceptors (Lipinski definition) is 3. The first-order valence-corrected chi connectivity index (χ1v) is 5.63. The highest BCUT2D eigenvalue weighted by molar-refractivity contribution is 6.00. The topological polar surface area (TPSA) is 53.3 Å². The Labute approximate surface area is 100 Å². The van der Waals surface area contributed by atoms with Gasteiger partial charge < -0.3 is 4.74 Å². The van der Waals surface area contributed by atoms with Crippen LogP contribution in [-0.2, 0) is 4.79 Å². The number of anilines is 1. The van der Waals surface area contributed by atoms with Crippen molar-refractivity contribution < 1.29 is 9.53 Å². The van der Waals surface area contributed by atoms with Crippen molar-refractivity contribution in [3.63, 3.8) is 0 Å². The molecule has 1 aromatic rings. The lowest BCUT2D eigenvalue weighted by atomic mass is 10.1. The molecule has 1 amide bonds. The van der Waals surface area contributed by atoms with Gasteiger partial charge in [-0.15, -0.1) is 0 Å². The molecule has 0 aliphatic carbocycles. The Balaban J connectivity index is 2.47. The molecular weight excluding hydrogens is 216 g/mol. The van der Waals surface area contributed by atoms with Gasteiger partial charge in [0.25, 0.3) is 5.91 Å². The van der Waals surface area contributed by atoms with Crippen LogP contribution < -0.4 is 9.64 Å². The van der Waals surface area contributed by atoms with Crippen molar-refractivity contribution >= 4 is 11.6 Å². The van der Waals surface area contributed by atoms with Gasteiger partial charge in [-0.05, 0) is 31.0 Å². The third kappa shape index (κ3) is 1.96. The van der Waals surface area contributed by atoms with Crippen molar-refractivity contribution in [3.05, 3.63) is 23.8 Å². The Hall–Kier alpha value is -2.02. The molecule has 1 aliphatic rings. The van der Waals surface area contributed by atoms with Gasteiger partial charge in [-0.3, -0.25) is 9.69 Å². The molecule has 88 valence electrons. The molecular formula is C13H14N2O2. The minimum Gasteiger partial charge on any atom is -0.478 e. The Kier molecular flexibility index (Phi) is 3.01. The van der Waals surface area contributed by atoms with Gasteiger partial charge in [0.05, 0.1) is 11.8 Å². The molecule has 1 atom stereocenters.